The van der Waals surface area contributed by atoms with Crippen LogP contribution in [0.25, 0.3) is 21.8 Å². The van der Waals surface area contributed by atoms with Crippen molar-refractivity contribution in [2.24, 2.45) is 0 Å². The molecule has 1 saturated heterocycles. The Bertz CT molecular complexity index is 1170. The van der Waals surface area contributed by atoms with Gasteiger partial charge in [-0.3, -0.25) is 9.59 Å². The first kappa shape index (κ1) is 17.7. The number of carboxylic acid groups (broad SMARTS) is 2. The molecule has 4 rings (SSSR count). The van der Waals surface area contributed by atoms with Crippen LogP contribution in [0, 0.1) is 0 Å². The topological polar surface area (TPSA) is 153 Å². The van der Waals surface area contributed by atoms with E-state index in [1.807, 2.05) is 4.90 Å². The number of H-pyrrole nitrogens is 2. The maximum Gasteiger partial charge on any atom is 0.352 e. The molecule has 28 heavy (non-hydrogen) atoms. The van der Waals surface area contributed by atoms with Crippen LogP contribution in [0.15, 0.2) is 27.8 Å². The summed E-state index contributed by atoms with van der Waals surface area (Å²) in [6.07, 6.45) is 0. The summed E-state index contributed by atoms with van der Waals surface area (Å²) >= 11 is 0. The molecule has 1 fully saturated rings. The van der Waals surface area contributed by atoms with E-state index in [9.17, 15) is 29.4 Å². The van der Waals surface area contributed by atoms with E-state index in [2.05, 4.69) is 9.97 Å². The number of aromatic amines is 2. The zero-order valence-corrected chi connectivity index (χ0v) is 14.4. The third-order valence-corrected chi connectivity index (χ3v) is 4.69. The second kappa shape index (κ2) is 6.50. The van der Waals surface area contributed by atoms with Crippen LogP contribution in [0.5, 0.6) is 0 Å². The zero-order chi connectivity index (χ0) is 20.0. The van der Waals surface area contributed by atoms with Crippen molar-refractivity contribution >= 4 is 39.4 Å². The number of carboxylic acids is 2. The Morgan fingerprint density at radius 2 is 1.32 bits per heavy atom. The van der Waals surface area contributed by atoms with Gasteiger partial charge in [-0.05, 0) is 6.07 Å². The minimum Gasteiger partial charge on any atom is -0.477 e. The van der Waals surface area contributed by atoms with Crippen molar-refractivity contribution in [1.29, 1.82) is 0 Å². The van der Waals surface area contributed by atoms with Gasteiger partial charge >= 0.3 is 11.9 Å². The van der Waals surface area contributed by atoms with E-state index in [0.717, 1.165) is 12.1 Å². The summed E-state index contributed by atoms with van der Waals surface area (Å²) in [5.41, 5.74) is -0.897. The molecule has 0 spiro atoms. The summed E-state index contributed by atoms with van der Waals surface area (Å²) in [5, 5.41) is 18.9. The average Bonchev–Trinajstić information content (AvgIpc) is 2.67. The summed E-state index contributed by atoms with van der Waals surface area (Å²) in [6, 6.07) is 3.27. The van der Waals surface area contributed by atoms with Crippen LogP contribution in [-0.2, 0) is 4.74 Å². The number of pyridine rings is 2. The van der Waals surface area contributed by atoms with E-state index >= 15 is 0 Å². The predicted molar refractivity (Wildman–Crippen MR) is 99.6 cm³/mol. The summed E-state index contributed by atoms with van der Waals surface area (Å²) in [7, 11) is 0. The molecule has 0 atom stereocenters. The zero-order valence-electron chi connectivity index (χ0n) is 14.4. The smallest absolute Gasteiger partial charge is 0.352 e. The van der Waals surface area contributed by atoms with E-state index < -0.39 is 22.8 Å². The number of rotatable bonds is 3. The first-order valence-corrected chi connectivity index (χ1v) is 8.43. The van der Waals surface area contributed by atoms with Crippen molar-refractivity contribution in [3.05, 3.63) is 50.0 Å². The van der Waals surface area contributed by atoms with Gasteiger partial charge in [0.2, 0.25) is 0 Å². The monoisotopic (exact) mass is 385 g/mol. The predicted octanol–water partition coefficient (Wildman–Crippen LogP) is 0.603. The van der Waals surface area contributed by atoms with Gasteiger partial charge in [0.05, 0.1) is 29.9 Å². The highest BCUT2D eigenvalue weighted by molar-refractivity contribution is 6.09. The fourth-order valence-electron chi connectivity index (χ4n) is 3.40. The Labute approximate surface area is 156 Å². The highest BCUT2D eigenvalue weighted by atomic mass is 16.5. The lowest BCUT2D eigenvalue weighted by molar-refractivity contribution is 0.0680. The molecule has 0 saturated carbocycles. The number of aromatic carboxylic acids is 2. The maximum atomic E-state index is 12.5. The number of nitrogens with zero attached hydrogens (tertiary/aromatic N) is 1. The first-order chi connectivity index (χ1) is 13.4. The molecule has 10 heteroatoms. The van der Waals surface area contributed by atoms with Crippen LogP contribution in [-0.4, -0.2) is 58.4 Å². The Morgan fingerprint density at radius 3 is 1.75 bits per heavy atom. The fraction of sp³-hybridized carbons (Fsp3) is 0.222. The van der Waals surface area contributed by atoms with Gasteiger partial charge in [-0.25, -0.2) is 9.59 Å². The van der Waals surface area contributed by atoms with Crippen molar-refractivity contribution in [2.75, 3.05) is 31.2 Å². The van der Waals surface area contributed by atoms with Crippen molar-refractivity contribution in [3.63, 3.8) is 0 Å². The molecule has 3 heterocycles. The first-order valence-electron chi connectivity index (χ1n) is 8.43. The molecule has 4 N–H and O–H groups in total. The number of hydrogen-bond donors (Lipinski definition) is 4. The Morgan fingerprint density at radius 1 is 0.857 bits per heavy atom. The van der Waals surface area contributed by atoms with Gasteiger partial charge < -0.3 is 29.8 Å². The standard InChI is InChI=1S/C18H15N3O7/c22-12-6-10(17(24)25)19-14-8(12)5-9-13(23)7-11(18(26)27)20-15(9)16(14)21-1-3-28-4-2-21/h5-7H,1-4H2,(H,19,22)(H,20,23)(H,24,25)(H,26,27). The minimum atomic E-state index is -1.31. The molecule has 3 aromatic rings. The molecular formula is C18H15N3O7. The fourth-order valence-corrected chi connectivity index (χ4v) is 3.40. The van der Waals surface area contributed by atoms with Gasteiger partial charge in [-0.15, -0.1) is 0 Å². The van der Waals surface area contributed by atoms with Crippen LogP contribution in [0.3, 0.4) is 0 Å². The lowest BCUT2D eigenvalue weighted by Gasteiger charge is -2.30. The van der Waals surface area contributed by atoms with E-state index in [1.54, 1.807) is 0 Å². The van der Waals surface area contributed by atoms with Crippen molar-refractivity contribution in [1.82, 2.24) is 9.97 Å². The number of hydrogen-bond acceptors (Lipinski definition) is 6. The lowest BCUT2D eigenvalue weighted by atomic mass is 10.0. The number of aromatic nitrogens is 2. The van der Waals surface area contributed by atoms with E-state index in [-0.39, 0.29) is 33.2 Å². The Hall–Kier alpha value is -3.66. The number of benzene rings is 1. The number of morpholine rings is 1. The summed E-state index contributed by atoms with van der Waals surface area (Å²) in [5.74, 6) is -2.61. The molecule has 144 valence electrons. The molecule has 0 amide bonds. The van der Waals surface area contributed by atoms with Crippen molar-refractivity contribution in [2.45, 2.75) is 0 Å². The van der Waals surface area contributed by atoms with E-state index in [1.165, 1.54) is 6.07 Å². The van der Waals surface area contributed by atoms with Crippen molar-refractivity contribution < 1.29 is 24.5 Å². The molecule has 2 aromatic heterocycles. The molecule has 0 radical (unpaired) electrons. The van der Waals surface area contributed by atoms with Crippen LogP contribution in [0.2, 0.25) is 0 Å². The number of fused-ring (bicyclic) bond motifs is 2. The molecule has 1 aromatic carbocycles. The molecule has 10 nitrogen and oxygen atoms in total. The molecule has 0 aliphatic carbocycles. The van der Waals surface area contributed by atoms with Gasteiger partial charge in [-0.2, -0.15) is 0 Å². The van der Waals surface area contributed by atoms with Crippen LogP contribution < -0.4 is 15.8 Å². The second-order valence-corrected chi connectivity index (χ2v) is 6.37. The molecular weight excluding hydrogens is 370 g/mol. The summed E-state index contributed by atoms with van der Waals surface area (Å²) in [6.45, 7) is 1.63. The van der Waals surface area contributed by atoms with Crippen molar-refractivity contribution in [3.8, 4) is 0 Å². The summed E-state index contributed by atoms with van der Waals surface area (Å²) in [4.78, 5) is 55.2. The number of anilines is 1. The normalized spacial score (nSPS) is 14.5. The Kier molecular flexibility index (Phi) is 4.12. The third-order valence-electron chi connectivity index (χ3n) is 4.69. The largest absolute Gasteiger partial charge is 0.477 e. The maximum absolute atomic E-state index is 12.5. The molecule has 0 unspecified atom stereocenters. The SMILES string of the molecule is O=C(O)c1cc(=O)c2cc3c(=O)cc(C(=O)O)[nH]c3c(N3CCOCC3)c2[nH]1. The second-order valence-electron chi connectivity index (χ2n) is 6.37. The number of ether oxygens (including phenoxy) is 1. The molecule has 0 bridgehead atoms. The number of nitrogens with one attached hydrogen (secondary N) is 2. The highest BCUT2D eigenvalue weighted by Crippen LogP contribution is 2.32. The quantitative estimate of drug-likeness (QED) is 0.478. The van der Waals surface area contributed by atoms with Crippen LogP contribution in [0.4, 0.5) is 5.69 Å². The average molecular weight is 385 g/mol. The molecule has 1 aliphatic heterocycles. The van der Waals surface area contributed by atoms with Crippen LogP contribution >= 0.6 is 0 Å². The lowest BCUT2D eigenvalue weighted by Crippen LogP contribution is -2.37. The van der Waals surface area contributed by atoms with Crippen LogP contribution in [0.1, 0.15) is 21.0 Å². The Balaban J connectivity index is 2.20. The van der Waals surface area contributed by atoms with E-state index in [4.69, 9.17) is 4.74 Å². The third kappa shape index (κ3) is 2.79. The molecule has 1 aliphatic rings. The highest BCUT2D eigenvalue weighted by Gasteiger charge is 2.22. The minimum absolute atomic E-state index is 0.146. The van der Waals surface area contributed by atoms with Gasteiger partial charge in [0.1, 0.15) is 11.4 Å². The van der Waals surface area contributed by atoms with Gasteiger partial charge in [-0.1, -0.05) is 0 Å². The van der Waals surface area contributed by atoms with Gasteiger partial charge in [0.25, 0.3) is 0 Å². The summed E-state index contributed by atoms with van der Waals surface area (Å²) < 4.78 is 5.34. The van der Waals surface area contributed by atoms with E-state index in [0.29, 0.717) is 32.0 Å². The van der Waals surface area contributed by atoms with Gasteiger partial charge in [0.15, 0.2) is 10.9 Å². The van der Waals surface area contributed by atoms with Gasteiger partial charge in [0, 0.05) is 36.0 Å². The number of carbonyl (C=O) groups is 2.